The molecule has 0 rings (SSSR count). The van der Waals surface area contributed by atoms with Crippen LogP contribution < -0.4 is 21.3 Å². The molecule has 0 heterocycles. The van der Waals surface area contributed by atoms with Crippen LogP contribution in [0.25, 0.3) is 0 Å². The molecular weight excluding hydrogens is 248 g/mol. The lowest BCUT2D eigenvalue weighted by molar-refractivity contribution is 0.655. The molecule has 4 nitrogen and oxygen atoms in total. The van der Waals surface area contributed by atoms with E-state index >= 15 is 0 Å². The third-order valence-electron chi connectivity index (χ3n) is 2.20. The molecule has 0 amide bonds. The van der Waals surface area contributed by atoms with Crippen LogP contribution in [-0.4, -0.2) is 40.3 Å². The Morgan fingerprint density at radius 3 is 1.15 bits per heavy atom. The Bertz CT molecular complexity index is 167. The highest BCUT2D eigenvalue weighted by Crippen LogP contribution is 1.83. The smallest absolute Gasteiger partial charge is 0.0276 e. The first-order valence-electron chi connectivity index (χ1n) is 8.16. The number of unbranched alkanes of at least 4 members (excludes halogenated alkanes) is 2. The molecule has 0 aliphatic heterocycles. The second-order valence-corrected chi connectivity index (χ2v) is 3.72. The first kappa shape index (κ1) is 24.1. The lowest BCUT2D eigenvalue weighted by atomic mass is 10.3. The van der Waals surface area contributed by atoms with Gasteiger partial charge in [0.1, 0.15) is 0 Å². The van der Waals surface area contributed by atoms with Gasteiger partial charge in [0.2, 0.25) is 0 Å². The van der Waals surface area contributed by atoms with E-state index in [1.807, 2.05) is 41.8 Å². The fourth-order valence-corrected chi connectivity index (χ4v) is 1.24. The second kappa shape index (κ2) is 30.8. The fraction of sp³-hybridized carbons (Fsp3) is 0.875. The molecule has 122 valence electrons. The van der Waals surface area contributed by atoms with E-state index in [1.165, 1.54) is 12.8 Å². The van der Waals surface area contributed by atoms with Crippen molar-refractivity contribution < 1.29 is 0 Å². The van der Waals surface area contributed by atoms with E-state index in [0.29, 0.717) is 0 Å². The highest BCUT2D eigenvalue weighted by Gasteiger charge is 1.85. The van der Waals surface area contributed by atoms with Crippen LogP contribution in [-0.2, 0) is 0 Å². The van der Waals surface area contributed by atoms with E-state index in [1.54, 1.807) is 0 Å². The standard InChI is InChI=1S/C12H26N4.2C2H6/c1-13-7-3-5-9-15-11-12-16-10-6-4-8-14-2;2*1-2/h13-16H,3-10H2,1-2H3;2*1-2H3. The maximum atomic E-state index is 3.12. The van der Waals surface area contributed by atoms with E-state index in [9.17, 15) is 0 Å². The van der Waals surface area contributed by atoms with Gasteiger partial charge in [-0.1, -0.05) is 27.7 Å². The summed E-state index contributed by atoms with van der Waals surface area (Å²) in [6.07, 6.45) is 4.72. The zero-order valence-electron chi connectivity index (χ0n) is 14.7. The molecule has 0 bridgehead atoms. The van der Waals surface area contributed by atoms with E-state index in [4.69, 9.17) is 0 Å². The van der Waals surface area contributed by atoms with Crippen LogP contribution in [0, 0.1) is 12.1 Å². The third kappa shape index (κ3) is 30.3. The molecule has 0 spiro atoms. The molecule has 0 aromatic heterocycles. The van der Waals surface area contributed by atoms with Crippen LogP contribution >= 0.6 is 0 Å². The summed E-state index contributed by atoms with van der Waals surface area (Å²) in [6, 6.07) is 5.81. The number of hydrogen-bond donors (Lipinski definition) is 4. The average molecular weight is 287 g/mol. The van der Waals surface area contributed by atoms with Gasteiger partial charge in [-0.15, -0.1) is 0 Å². The lowest BCUT2D eigenvalue weighted by Crippen LogP contribution is -2.15. The van der Waals surface area contributed by atoms with Gasteiger partial charge in [-0.05, 0) is 52.9 Å². The first-order valence-corrected chi connectivity index (χ1v) is 8.16. The quantitative estimate of drug-likeness (QED) is 0.282. The largest absolute Gasteiger partial charge is 0.344 e. The highest BCUT2D eigenvalue weighted by atomic mass is 14.9. The molecule has 0 aromatic carbocycles. The Hall–Kier alpha value is -0.920. The van der Waals surface area contributed by atoms with Crippen molar-refractivity contribution >= 4 is 0 Å². The van der Waals surface area contributed by atoms with Crippen molar-refractivity contribution in [1.82, 2.24) is 21.3 Å². The zero-order chi connectivity index (χ0) is 15.9. The summed E-state index contributed by atoms with van der Waals surface area (Å²) in [7, 11) is 3.95. The normalized spacial score (nSPS) is 8.10. The van der Waals surface area contributed by atoms with Gasteiger partial charge in [-0.2, -0.15) is 0 Å². The maximum Gasteiger partial charge on any atom is 0.0276 e. The molecular formula is C16H38N4. The summed E-state index contributed by atoms with van der Waals surface area (Å²) in [4.78, 5) is 0. The van der Waals surface area contributed by atoms with E-state index in [2.05, 4.69) is 33.4 Å². The topological polar surface area (TPSA) is 48.1 Å². The fourth-order valence-electron chi connectivity index (χ4n) is 1.24. The molecule has 20 heavy (non-hydrogen) atoms. The summed E-state index contributed by atoms with van der Waals surface area (Å²) < 4.78 is 0. The molecule has 0 atom stereocenters. The molecule has 0 aliphatic carbocycles. The first-order chi connectivity index (χ1) is 9.91. The van der Waals surface area contributed by atoms with Gasteiger partial charge in [-0.3, -0.25) is 0 Å². The van der Waals surface area contributed by atoms with Crippen LogP contribution in [0.4, 0.5) is 0 Å². The van der Waals surface area contributed by atoms with Gasteiger partial charge < -0.3 is 21.3 Å². The van der Waals surface area contributed by atoms with Crippen LogP contribution in [0.15, 0.2) is 0 Å². The molecule has 0 fully saturated rings. The Kier molecular flexibility index (Phi) is 37.2. The van der Waals surface area contributed by atoms with Crippen molar-refractivity contribution in [3.63, 3.8) is 0 Å². The van der Waals surface area contributed by atoms with Gasteiger partial charge in [0, 0.05) is 25.2 Å². The number of rotatable bonds is 10. The molecule has 0 aliphatic rings. The van der Waals surface area contributed by atoms with E-state index in [-0.39, 0.29) is 0 Å². The number of hydrogen-bond acceptors (Lipinski definition) is 4. The van der Waals surface area contributed by atoms with Crippen molar-refractivity contribution in [1.29, 1.82) is 0 Å². The van der Waals surface area contributed by atoms with Crippen LogP contribution in [0.5, 0.6) is 0 Å². The minimum atomic E-state index is 0.968. The molecule has 4 heteroatoms. The maximum absolute atomic E-state index is 3.12. The third-order valence-corrected chi connectivity index (χ3v) is 2.20. The van der Waals surface area contributed by atoms with Gasteiger partial charge in [0.25, 0.3) is 0 Å². The predicted molar refractivity (Wildman–Crippen MR) is 92.8 cm³/mol. The van der Waals surface area contributed by atoms with Gasteiger partial charge in [0.05, 0.1) is 0 Å². The minimum absolute atomic E-state index is 0.968. The van der Waals surface area contributed by atoms with Crippen molar-refractivity contribution in [2.24, 2.45) is 0 Å². The van der Waals surface area contributed by atoms with Crippen LogP contribution in [0.1, 0.15) is 53.4 Å². The average Bonchev–Trinajstić information content (AvgIpc) is 2.52. The molecule has 4 N–H and O–H groups in total. The summed E-state index contributed by atoms with van der Waals surface area (Å²) in [6.45, 7) is 12.1. The second-order valence-electron chi connectivity index (χ2n) is 3.72. The Morgan fingerprint density at radius 1 is 0.550 bits per heavy atom. The van der Waals surface area contributed by atoms with Crippen LogP contribution in [0.3, 0.4) is 0 Å². The Labute approximate surface area is 127 Å². The highest BCUT2D eigenvalue weighted by molar-refractivity contribution is 4.93. The molecule has 0 saturated carbocycles. The molecule has 0 saturated heterocycles. The molecule has 0 radical (unpaired) electrons. The number of nitrogens with one attached hydrogen (secondary N) is 4. The monoisotopic (exact) mass is 286 g/mol. The Morgan fingerprint density at radius 2 is 0.850 bits per heavy atom. The van der Waals surface area contributed by atoms with Gasteiger partial charge in [0.15, 0.2) is 0 Å². The zero-order valence-corrected chi connectivity index (χ0v) is 14.7. The van der Waals surface area contributed by atoms with Crippen molar-refractivity contribution in [3.05, 3.63) is 0 Å². The van der Waals surface area contributed by atoms with Gasteiger partial charge >= 0.3 is 0 Å². The SMILES string of the molecule is CC.CC.CNCCCCNC#CNCCCCNC. The summed E-state index contributed by atoms with van der Waals surface area (Å²) in [5.74, 6) is 0. The van der Waals surface area contributed by atoms with Gasteiger partial charge in [-0.25, -0.2) is 0 Å². The summed E-state index contributed by atoms with van der Waals surface area (Å²) in [5, 5.41) is 12.4. The summed E-state index contributed by atoms with van der Waals surface area (Å²) >= 11 is 0. The molecule has 0 aromatic rings. The van der Waals surface area contributed by atoms with E-state index < -0.39 is 0 Å². The summed E-state index contributed by atoms with van der Waals surface area (Å²) in [5.41, 5.74) is 0. The van der Waals surface area contributed by atoms with Crippen LogP contribution in [0.2, 0.25) is 0 Å². The Balaban J connectivity index is -0.000000656. The predicted octanol–water partition coefficient (Wildman–Crippen LogP) is 2.14. The lowest BCUT2D eigenvalue weighted by Gasteiger charge is -1.99. The van der Waals surface area contributed by atoms with Crippen molar-refractivity contribution in [3.8, 4) is 12.1 Å². The minimum Gasteiger partial charge on any atom is -0.344 e. The van der Waals surface area contributed by atoms with Crippen molar-refractivity contribution in [2.75, 3.05) is 40.3 Å². The van der Waals surface area contributed by atoms with E-state index in [0.717, 1.165) is 39.0 Å². The van der Waals surface area contributed by atoms with Crippen molar-refractivity contribution in [2.45, 2.75) is 53.4 Å². The molecule has 0 unspecified atom stereocenters.